The summed E-state index contributed by atoms with van der Waals surface area (Å²) in [5.74, 6) is -0.140. The molecule has 0 spiro atoms. The van der Waals surface area contributed by atoms with Crippen LogP contribution in [0.5, 0.6) is 0 Å². The highest BCUT2D eigenvalue weighted by molar-refractivity contribution is 5.88. The summed E-state index contributed by atoms with van der Waals surface area (Å²) in [7, 11) is 0. The fraction of sp³-hybridized carbons (Fsp3) is 0.278. The number of benzene rings is 2. The lowest BCUT2D eigenvalue weighted by Gasteiger charge is -2.16. The SMILES string of the molecule is CC(=O)Nc1ccc(CN[C@H](C)c2cccc(C(F)(F)F)c2)cc1. The molecule has 0 unspecified atom stereocenters. The van der Waals surface area contributed by atoms with Crippen molar-refractivity contribution >= 4 is 11.6 Å². The summed E-state index contributed by atoms with van der Waals surface area (Å²) in [5.41, 5.74) is 1.62. The molecule has 6 heteroatoms. The smallest absolute Gasteiger partial charge is 0.326 e. The molecule has 2 aromatic carbocycles. The van der Waals surface area contributed by atoms with Gasteiger partial charge in [0.1, 0.15) is 0 Å². The first-order valence-corrected chi connectivity index (χ1v) is 7.53. The number of alkyl halides is 3. The molecule has 2 aromatic rings. The van der Waals surface area contributed by atoms with E-state index in [2.05, 4.69) is 10.6 Å². The molecule has 3 nitrogen and oxygen atoms in total. The van der Waals surface area contributed by atoms with Gasteiger partial charge in [0.25, 0.3) is 0 Å². The average Bonchev–Trinajstić information content (AvgIpc) is 2.53. The van der Waals surface area contributed by atoms with Gasteiger partial charge in [0, 0.05) is 25.2 Å². The number of anilines is 1. The van der Waals surface area contributed by atoms with Crippen molar-refractivity contribution in [1.29, 1.82) is 0 Å². The molecule has 0 fully saturated rings. The van der Waals surface area contributed by atoms with Crippen LogP contribution in [0, 0.1) is 0 Å². The molecular formula is C18H19F3N2O. The number of halogens is 3. The Bertz CT molecular complexity index is 696. The van der Waals surface area contributed by atoms with Gasteiger partial charge in [0.2, 0.25) is 5.91 Å². The molecule has 0 aliphatic carbocycles. The highest BCUT2D eigenvalue weighted by atomic mass is 19.4. The molecule has 0 saturated heterocycles. The zero-order valence-electron chi connectivity index (χ0n) is 13.4. The zero-order chi connectivity index (χ0) is 17.7. The second kappa shape index (κ2) is 7.49. The lowest BCUT2D eigenvalue weighted by atomic mass is 10.0. The molecule has 0 radical (unpaired) electrons. The maximum atomic E-state index is 12.8. The van der Waals surface area contributed by atoms with Crippen molar-refractivity contribution in [3.8, 4) is 0 Å². The Hall–Kier alpha value is -2.34. The third-order valence-electron chi connectivity index (χ3n) is 3.60. The number of carbonyl (C=O) groups excluding carboxylic acids is 1. The molecule has 128 valence electrons. The van der Waals surface area contributed by atoms with Crippen LogP contribution < -0.4 is 10.6 Å². The largest absolute Gasteiger partial charge is 0.416 e. The molecule has 1 amide bonds. The van der Waals surface area contributed by atoms with Crippen LogP contribution >= 0.6 is 0 Å². The van der Waals surface area contributed by atoms with Crippen molar-refractivity contribution in [1.82, 2.24) is 5.32 Å². The second-order valence-electron chi connectivity index (χ2n) is 5.60. The Kier molecular flexibility index (Phi) is 5.62. The quantitative estimate of drug-likeness (QED) is 0.843. The zero-order valence-corrected chi connectivity index (χ0v) is 13.4. The van der Waals surface area contributed by atoms with Gasteiger partial charge in [-0.05, 0) is 42.3 Å². The summed E-state index contributed by atoms with van der Waals surface area (Å²) in [5, 5.41) is 5.88. The van der Waals surface area contributed by atoms with Gasteiger partial charge < -0.3 is 10.6 Å². The summed E-state index contributed by atoms with van der Waals surface area (Å²) < 4.78 is 38.3. The van der Waals surface area contributed by atoms with E-state index in [1.165, 1.54) is 13.0 Å². The number of carbonyl (C=O) groups is 1. The minimum absolute atomic E-state index is 0.140. The van der Waals surface area contributed by atoms with Gasteiger partial charge in [-0.1, -0.05) is 24.3 Å². The molecule has 24 heavy (non-hydrogen) atoms. The van der Waals surface area contributed by atoms with Crippen LogP contribution in [-0.4, -0.2) is 5.91 Å². The normalized spacial score (nSPS) is 12.7. The first-order chi connectivity index (χ1) is 11.3. The Labute approximate surface area is 138 Å². The van der Waals surface area contributed by atoms with E-state index in [1.54, 1.807) is 18.2 Å². The van der Waals surface area contributed by atoms with Crippen molar-refractivity contribution in [2.24, 2.45) is 0 Å². The van der Waals surface area contributed by atoms with Crippen LogP contribution in [0.15, 0.2) is 48.5 Å². The molecule has 2 N–H and O–H groups in total. The number of nitrogens with one attached hydrogen (secondary N) is 2. The van der Waals surface area contributed by atoms with Crippen LogP contribution in [0.1, 0.15) is 36.6 Å². The maximum Gasteiger partial charge on any atom is 0.416 e. The van der Waals surface area contributed by atoms with Crippen LogP contribution in [-0.2, 0) is 17.5 Å². The molecule has 0 aliphatic heterocycles. The van der Waals surface area contributed by atoms with E-state index < -0.39 is 11.7 Å². The van der Waals surface area contributed by atoms with Gasteiger partial charge in [-0.25, -0.2) is 0 Å². The molecule has 2 rings (SSSR count). The fourth-order valence-corrected chi connectivity index (χ4v) is 2.28. The Balaban J connectivity index is 1.98. The highest BCUT2D eigenvalue weighted by Gasteiger charge is 2.30. The topological polar surface area (TPSA) is 41.1 Å². The summed E-state index contributed by atoms with van der Waals surface area (Å²) in [4.78, 5) is 11.0. The molecule has 1 atom stereocenters. The summed E-state index contributed by atoms with van der Waals surface area (Å²) in [6.07, 6.45) is -4.34. The van der Waals surface area contributed by atoms with Gasteiger partial charge in [-0.15, -0.1) is 0 Å². The molecule has 0 saturated carbocycles. The molecule has 0 bridgehead atoms. The monoisotopic (exact) mass is 336 g/mol. The van der Waals surface area contributed by atoms with E-state index in [4.69, 9.17) is 0 Å². The predicted molar refractivity (Wildman–Crippen MR) is 87.4 cm³/mol. The van der Waals surface area contributed by atoms with E-state index in [9.17, 15) is 18.0 Å². The lowest BCUT2D eigenvalue weighted by Crippen LogP contribution is -2.18. The summed E-state index contributed by atoms with van der Waals surface area (Å²) >= 11 is 0. The van der Waals surface area contributed by atoms with Gasteiger partial charge in [0.15, 0.2) is 0 Å². The Morgan fingerprint density at radius 3 is 2.38 bits per heavy atom. The third kappa shape index (κ3) is 5.09. The van der Waals surface area contributed by atoms with Gasteiger partial charge in [-0.3, -0.25) is 4.79 Å². The maximum absolute atomic E-state index is 12.8. The van der Waals surface area contributed by atoms with Crippen molar-refractivity contribution in [3.05, 3.63) is 65.2 Å². The minimum atomic E-state index is -4.34. The average molecular weight is 336 g/mol. The van der Waals surface area contributed by atoms with E-state index in [0.717, 1.165) is 17.7 Å². The first-order valence-electron chi connectivity index (χ1n) is 7.53. The predicted octanol–water partition coefficient (Wildman–Crippen LogP) is 4.51. The van der Waals surface area contributed by atoms with Crippen LogP contribution in [0.25, 0.3) is 0 Å². The molecule has 0 aromatic heterocycles. The van der Waals surface area contributed by atoms with Gasteiger partial charge >= 0.3 is 6.18 Å². The lowest BCUT2D eigenvalue weighted by molar-refractivity contribution is -0.137. The van der Waals surface area contributed by atoms with E-state index in [-0.39, 0.29) is 11.9 Å². The Morgan fingerprint density at radius 2 is 1.79 bits per heavy atom. The van der Waals surface area contributed by atoms with Crippen molar-refractivity contribution in [2.45, 2.75) is 32.6 Å². The van der Waals surface area contributed by atoms with Crippen molar-refractivity contribution < 1.29 is 18.0 Å². The molecule has 0 aliphatic rings. The van der Waals surface area contributed by atoms with E-state index in [1.807, 2.05) is 19.1 Å². The Morgan fingerprint density at radius 1 is 1.12 bits per heavy atom. The standard InChI is InChI=1S/C18H19F3N2O/c1-12(15-4-3-5-16(10-15)18(19,20)21)22-11-14-6-8-17(9-7-14)23-13(2)24/h3-10,12,22H,11H2,1-2H3,(H,23,24)/t12-/m1/s1. The van der Waals surface area contributed by atoms with Crippen molar-refractivity contribution in [3.63, 3.8) is 0 Å². The first kappa shape index (κ1) is 18.0. The molecule has 0 heterocycles. The van der Waals surface area contributed by atoms with Gasteiger partial charge in [0.05, 0.1) is 5.56 Å². The summed E-state index contributed by atoms with van der Waals surface area (Å²) in [6.45, 7) is 3.77. The number of hydrogen-bond donors (Lipinski definition) is 2. The van der Waals surface area contributed by atoms with E-state index in [0.29, 0.717) is 17.8 Å². The van der Waals surface area contributed by atoms with Crippen LogP contribution in [0.3, 0.4) is 0 Å². The number of rotatable bonds is 5. The van der Waals surface area contributed by atoms with Gasteiger partial charge in [-0.2, -0.15) is 13.2 Å². The van der Waals surface area contributed by atoms with E-state index >= 15 is 0 Å². The number of hydrogen-bond acceptors (Lipinski definition) is 2. The van der Waals surface area contributed by atoms with Crippen LogP contribution in [0.4, 0.5) is 18.9 Å². The summed E-state index contributed by atoms with van der Waals surface area (Å²) in [6, 6.07) is 12.4. The second-order valence-corrected chi connectivity index (χ2v) is 5.60. The fourth-order valence-electron chi connectivity index (χ4n) is 2.28. The van der Waals surface area contributed by atoms with Crippen LogP contribution in [0.2, 0.25) is 0 Å². The van der Waals surface area contributed by atoms with Crippen molar-refractivity contribution in [2.75, 3.05) is 5.32 Å². The molecular weight excluding hydrogens is 317 g/mol. The minimum Gasteiger partial charge on any atom is -0.326 e. The highest BCUT2D eigenvalue weighted by Crippen LogP contribution is 2.30. The number of amides is 1. The third-order valence-corrected chi connectivity index (χ3v) is 3.60.